The largest absolute Gasteiger partial charge is 0.497 e. The third kappa shape index (κ3) is 5.13. The molecule has 0 bridgehead atoms. The van der Waals surface area contributed by atoms with Crippen LogP contribution in [0.25, 0.3) is 0 Å². The lowest BCUT2D eigenvalue weighted by Crippen LogP contribution is -2.46. The molecule has 0 radical (unpaired) electrons. The fourth-order valence-corrected chi connectivity index (χ4v) is 2.75. The minimum atomic E-state index is -0.944. The Kier molecular flexibility index (Phi) is 6.47. The smallest absolute Gasteiger partial charge is 0.253 e. The van der Waals surface area contributed by atoms with Crippen LogP contribution < -0.4 is 20.1 Å². The maximum atomic E-state index is 13.0. The number of anilines is 1. The summed E-state index contributed by atoms with van der Waals surface area (Å²) in [6.07, 6.45) is -0.944. The van der Waals surface area contributed by atoms with Crippen LogP contribution in [0.4, 0.5) is 5.69 Å². The van der Waals surface area contributed by atoms with Gasteiger partial charge in [-0.2, -0.15) is 0 Å². The van der Waals surface area contributed by atoms with E-state index in [4.69, 9.17) is 9.47 Å². The summed E-state index contributed by atoms with van der Waals surface area (Å²) in [4.78, 5) is 25.7. The summed E-state index contributed by atoms with van der Waals surface area (Å²) in [7, 11) is 3.14. The second kappa shape index (κ2) is 9.41. The Morgan fingerprint density at radius 2 is 1.28 bits per heavy atom. The number of ether oxygens (including phenoxy) is 2. The van der Waals surface area contributed by atoms with E-state index in [0.29, 0.717) is 28.3 Å². The average Bonchev–Trinajstić information content (AvgIpc) is 2.79. The predicted octanol–water partition coefficient (Wildman–Crippen LogP) is 3.75. The number of rotatable bonds is 8. The van der Waals surface area contributed by atoms with Gasteiger partial charge in [-0.05, 0) is 48.5 Å². The molecule has 2 N–H and O–H groups in total. The Hall–Kier alpha value is -3.80. The lowest BCUT2D eigenvalue weighted by Gasteiger charge is -2.21. The Morgan fingerprint density at radius 3 is 1.83 bits per heavy atom. The number of hydrogen-bond donors (Lipinski definition) is 2. The maximum Gasteiger partial charge on any atom is 0.253 e. The topological polar surface area (TPSA) is 76.7 Å². The molecule has 0 aromatic heterocycles. The zero-order valence-corrected chi connectivity index (χ0v) is 16.2. The van der Waals surface area contributed by atoms with Gasteiger partial charge in [0.25, 0.3) is 5.91 Å². The van der Waals surface area contributed by atoms with Gasteiger partial charge in [-0.15, -0.1) is 0 Å². The Labute approximate surface area is 169 Å². The van der Waals surface area contributed by atoms with Crippen molar-refractivity contribution in [3.8, 4) is 11.5 Å². The number of amides is 1. The van der Waals surface area contributed by atoms with Crippen LogP contribution in [0.2, 0.25) is 0 Å². The van der Waals surface area contributed by atoms with Gasteiger partial charge in [-0.1, -0.05) is 30.3 Å². The lowest BCUT2D eigenvalue weighted by molar-refractivity contribution is 0.0869. The number of Topliss-reactive ketones (excluding diaryl/α,β-unsaturated/α-hetero) is 1. The standard InChI is InChI=1S/C23H22N2O4/c1-28-19-12-8-17(9-13-19)23(27)25-22(21(26)16-6-4-3-5-7-16)24-18-10-14-20(29-2)15-11-18/h3-15,22,24H,1-2H3,(H,25,27)/t22-/m1/s1. The summed E-state index contributed by atoms with van der Waals surface area (Å²) in [5.74, 6) is 0.727. The van der Waals surface area contributed by atoms with E-state index in [2.05, 4.69) is 10.6 Å². The molecule has 148 valence electrons. The number of ketones is 1. The molecule has 3 rings (SSSR count). The van der Waals surface area contributed by atoms with Crippen LogP contribution >= 0.6 is 0 Å². The predicted molar refractivity (Wildman–Crippen MR) is 112 cm³/mol. The number of hydrogen-bond acceptors (Lipinski definition) is 5. The molecule has 1 atom stereocenters. The van der Waals surface area contributed by atoms with Crippen molar-refractivity contribution in [2.45, 2.75) is 6.17 Å². The van der Waals surface area contributed by atoms with Gasteiger partial charge in [0, 0.05) is 16.8 Å². The fraction of sp³-hybridized carbons (Fsp3) is 0.130. The van der Waals surface area contributed by atoms with E-state index in [-0.39, 0.29) is 11.7 Å². The molecule has 0 saturated heterocycles. The first-order valence-electron chi connectivity index (χ1n) is 9.05. The molecular formula is C23H22N2O4. The van der Waals surface area contributed by atoms with Crippen molar-refractivity contribution in [1.29, 1.82) is 0 Å². The van der Waals surface area contributed by atoms with Crippen molar-refractivity contribution in [2.24, 2.45) is 0 Å². The summed E-state index contributed by atoms with van der Waals surface area (Å²) >= 11 is 0. The van der Waals surface area contributed by atoms with Crippen molar-refractivity contribution in [1.82, 2.24) is 5.32 Å². The highest BCUT2D eigenvalue weighted by Crippen LogP contribution is 2.17. The average molecular weight is 390 g/mol. The third-order valence-electron chi connectivity index (χ3n) is 4.35. The third-order valence-corrected chi connectivity index (χ3v) is 4.35. The van der Waals surface area contributed by atoms with E-state index >= 15 is 0 Å². The SMILES string of the molecule is COc1ccc(N[C@H](NC(=O)c2ccc(OC)cc2)C(=O)c2ccccc2)cc1. The molecule has 0 aliphatic carbocycles. The zero-order chi connectivity index (χ0) is 20.6. The number of carbonyl (C=O) groups excluding carboxylic acids is 2. The molecule has 3 aromatic carbocycles. The van der Waals surface area contributed by atoms with Crippen LogP contribution in [0.1, 0.15) is 20.7 Å². The Bertz CT molecular complexity index is 954. The molecule has 6 heteroatoms. The van der Waals surface area contributed by atoms with Gasteiger partial charge in [0.05, 0.1) is 14.2 Å². The Balaban J connectivity index is 1.82. The van der Waals surface area contributed by atoms with Gasteiger partial charge in [-0.3, -0.25) is 9.59 Å². The molecule has 0 aliphatic rings. The number of methoxy groups -OCH3 is 2. The maximum absolute atomic E-state index is 13.0. The summed E-state index contributed by atoms with van der Waals surface area (Å²) < 4.78 is 10.3. The molecule has 0 spiro atoms. The zero-order valence-electron chi connectivity index (χ0n) is 16.2. The second-order valence-corrected chi connectivity index (χ2v) is 6.24. The molecule has 0 heterocycles. The quantitative estimate of drug-likeness (QED) is 0.452. The first kappa shape index (κ1) is 19.9. The highest BCUT2D eigenvalue weighted by atomic mass is 16.5. The summed E-state index contributed by atoms with van der Waals surface area (Å²) in [6, 6.07) is 22.6. The van der Waals surface area contributed by atoms with Crippen molar-refractivity contribution in [3.63, 3.8) is 0 Å². The van der Waals surface area contributed by atoms with Crippen molar-refractivity contribution in [3.05, 3.63) is 90.0 Å². The van der Waals surface area contributed by atoms with Crippen LogP contribution in [0, 0.1) is 0 Å². The number of benzene rings is 3. The van der Waals surface area contributed by atoms with Gasteiger partial charge in [0.1, 0.15) is 11.5 Å². The van der Waals surface area contributed by atoms with Gasteiger partial charge in [-0.25, -0.2) is 0 Å². The molecule has 0 fully saturated rings. The van der Waals surface area contributed by atoms with Gasteiger partial charge in [0.2, 0.25) is 5.78 Å². The van der Waals surface area contributed by atoms with E-state index in [1.54, 1.807) is 87.0 Å². The molecular weight excluding hydrogens is 368 g/mol. The second-order valence-electron chi connectivity index (χ2n) is 6.24. The van der Waals surface area contributed by atoms with Crippen molar-refractivity contribution >= 4 is 17.4 Å². The lowest BCUT2D eigenvalue weighted by atomic mass is 10.1. The van der Waals surface area contributed by atoms with E-state index in [1.165, 1.54) is 0 Å². The van der Waals surface area contributed by atoms with E-state index in [1.807, 2.05) is 6.07 Å². The molecule has 0 saturated carbocycles. The normalized spacial score (nSPS) is 11.2. The van der Waals surface area contributed by atoms with Crippen LogP contribution in [-0.4, -0.2) is 32.1 Å². The summed E-state index contributed by atoms with van der Waals surface area (Å²) in [6.45, 7) is 0. The monoisotopic (exact) mass is 390 g/mol. The summed E-state index contributed by atoms with van der Waals surface area (Å²) in [5.41, 5.74) is 1.59. The number of nitrogens with one attached hydrogen (secondary N) is 2. The molecule has 29 heavy (non-hydrogen) atoms. The van der Waals surface area contributed by atoms with Crippen LogP contribution in [-0.2, 0) is 0 Å². The minimum Gasteiger partial charge on any atom is -0.497 e. The van der Waals surface area contributed by atoms with E-state index in [9.17, 15) is 9.59 Å². The fourth-order valence-electron chi connectivity index (χ4n) is 2.75. The summed E-state index contributed by atoms with van der Waals surface area (Å²) in [5, 5.41) is 5.86. The van der Waals surface area contributed by atoms with Gasteiger partial charge in [0.15, 0.2) is 6.17 Å². The van der Waals surface area contributed by atoms with E-state index < -0.39 is 6.17 Å². The molecule has 1 amide bonds. The highest BCUT2D eigenvalue weighted by molar-refractivity contribution is 6.05. The Morgan fingerprint density at radius 1 is 0.724 bits per heavy atom. The van der Waals surface area contributed by atoms with Crippen LogP contribution in [0.5, 0.6) is 11.5 Å². The molecule has 3 aromatic rings. The minimum absolute atomic E-state index is 0.247. The highest BCUT2D eigenvalue weighted by Gasteiger charge is 2.22. The first-order chi connectivity index (χ1) is 14.1. The van der Waals surface area contributed by atoms with Gasteiger partial charge >= 0.3 is 0 Å². The molecule has 0 aliphatic heterocycles. The van der Waals surface area contributed by atoms with Crippen LogP contribution in [0.3, 0.4) is 0 Å². The van der Waals surface area contributed by atoms with Gasteiger partial charge < -0.3 is 20.1 Å². The number of carbonyl (C=O) groups is 2. The molecule has 6 nitrogen and oxygen atoms in total. The van der Waals surface area contributed by atoms with Crippen molar-refractivity contribution < 1.29 is 19.1 Å². The van der Waals surface area contributed by atoms with Crippen LogP contribution in [0.15, 0.2) is 78.9 Å². The molecule has 0 unspecified atom stereocenters. The first-order valence-corrected chi connectivity index (χ1v) is 9.05. The van der Waals surface area contributed by atoms with Crippen molar-refractivity contribution in [2.75, 3.05) is 19.5 Å². The van der Waals surface area contributed by atoms with E-state index in [0.717, 1.165) is 0 Å².